The van der Waals surface area contributed by atoms with E-state index in [1.54, 1.807) is 0 Å². The molecule has 3 heterocycles. The lowest BCUT2D eigenvalue weighted by Crippen LogP contribution is -2.24. The fraction of sp³-hybridized carbons (Fsp3) is 0.636. The first-order valence-corrected chi connectivity index (χ1v) is 7.91. The van der Waals surface area contributed by atoms with Crippen molar-refractivity contribution in [3.05, 3.63) is 27.4 Å². The number of aromatic amines is 1. The lowest BCUT2D eigenvalue weighted by Gasteiger charge is -2.27. The zero-order valence-corrected chi connectivity index (χ0v) is 11.3. The summed E-state index contributed by atoms with van der Waals surface area (Å²) in [6.07, 6.45) is 0. The Morgan fingerprint density at radius 3 is 2.94 bits per heavy atom. The molecule has 2 aliphatic rings. The second kappa shape index (κ2) is 4.66. The molecule has 2 atom stereocenters. The molecular weight excluding hydrogens is 254 g/mol. The van der Waals surface area contributed by atoms with E-state index >= 15 is 0 Å². The average Bonchev–Trinajstić information content (AvgIpc) is 2.78. The van der Waals surface area contributed by atoms with Gasteiger partial charge < -0.3 is 10.3 Å². The summed E-state index contributed by atoms with van der Waals surface area (Å²) in [7, 11) is 0. The molecule has 2 unspecified atom stereocenters. The van der Waals surface area contributed by atoms with Crippen LogP contribution in [0.5, 0.6) is 0 Å². The Bertz CT molecular complexity index is 488. The number of H-pyrrole nitrogens is 1. The van der Waals surface area contributed by atoms with Crippen molar-refractivity contribution in [3.63, 3.8) is 0 Å². The molecule has 0 bridgehead atoms. The van der Waals surface area contributed by atoms with Crippen LogP contribution in [0.15, 0.2) is 4.79 Å². The van der Waals surface area contributed by atoms with E-state index in [4.69, 9.17) is 0 Å². The van der Waals surface area contributed by atoms with Gasteiger partial charge in [0.05, 0.1) is 16.5 Å². The fourth-order valence-corrected chi connectivity index (χ4v) is 4.98. The Morgan fingerprint density at radius 2 is 2.12 bits per heavy atom. The van der Waals surface area contributed by atoms with Crippen molar-refractivity contribution in [1.82, 2.24) is 15.3 Å². The maximum absolute atomic E-state index is 11.9. The Labute approximate surface area is 108 Å². The van der Waals surface area contributed by atoms with Crippen LogP contribution < -0.4 is 10.9 Å². The van der Waals surface area contributed by atoms with E-state index < -0.39 is 0 Å². The molecule has 0 spiro atoms. The third-order valence-corrected chi connectivity index (χ3v) is 6.27. The molecule has 17 heavy (non-hydrogen) atoms. The lowest BCUT2D eigenvalue weighted by atomic mass is 10.2. The summed E-state index contributed by atoms with van der Waals surface area (Å²) in [4.78, 5) is 19.5. The van der Waals surface area contributed by atoms with Gasteiger partial charge in [-0.1, -0.05) is 6.92 Å². The average molecular weight is 269 g/mol. The molecule has 4 nitrogen and oxygen atoms in total. The van der Waals surface area contributed by atoms with Gasteiger partial charge in [0.15, 0.2) is 0 Å². The Morgan fingerprint density at radius 1 is 1.29 bits per heavy atom. The van der Waals surface area contributed by atoms with Crippen molar-refractivity contribution in [3.8, 4) is 0 Å². The molecule has 1 fully saturated rings. The SMILES string of the molecule is CC1SCCSC1c1nc2c(c(=O)[nH]1)CNC2. The molecule has 0 aliphatic carbocycles. The van der Waals surface area contributed by atoms with Crippen molar-refractivity contribution < 1.29 is 0 Å². The van der Waals surface area contributed by atoms with Crippen LogP contribution in [0.25, 0.3) is 0 Å². The number of aromatic nitrogens is 2. The first-order chi connectivity index (χ1) is 8.25. The predicted molar refractivity (Wildman–Crippen MR) is 72.5 cm³/mol. The zero-order chi connectivity index (χ0) is 11.8. The molecule has 2 N–H and O–H groups in total. The number of hydrogen-bond acceptors (Lipinski definition) is 5. The van der Waals surface area contributed by atoms with Gasteiger partial charge in [0.25, 0.3) is 5.56 Å². The molecule has 92 valence electrons. The molecule has 1 aromatic heterocycles. The van der Waals surface area contributed by atoms with E-state index in [9.17, 15) is 4.79 Å². The van der Waals surface area contributed by atoms with Crippen LogP contribution in [0, 0.1) is 0 Å². The van der Waals surface area contributed by atoms with Crippen molar-refractivity contribution >= 4 is 23.5 Å². The standard InChI is InChI=1S/C11H15N3OS2/c1-6-9(17-3-2-16-6)10-13-8-5-12-4-7(8)11(15)14-10/h6,9,12H,2-5H2,1H3,(H,13,14,15). The second-order valence-electron chi connectivity index (χ2n) is 4.35. The summed E-state index contributed by atoms with van der Waals surface area (Å²) >= 11 is 3.87. The molecule has 0 amide bonds. The molecule has 3 rings (SSSR count). The highest BCUT2D eigenvalue weighted by molar-refractivity contribution is 8.06. The van der Waals surface area contributed by atoms with E-state index in [0.717, 1.165) is 29.4 Å². The second-order valence-corrected chi connectivity index (χ2v) is 7.08. The van der Waals surface area contributed by atoms with Crippen molar-refractivity contribution in [2.45, 2.75) is 30.5 Å². The van der Waals surface area contributed by atoms with Crippen molar-refractivity contribution in [2.75, 3.05) is 11.5 Å². The minimum atomic E-state index is 0.0402. The smallest absolute Gasteiger partial charge is 0.255 e. The molecule has 0 saturated carbocycles. The summed E-state index contributed by atoms with van der Waals surface area (Å²) in [5.74, 6) is 3.19. The topological polar surface area (TPSA) is 57.8 Å². The maximum atomic E-state index is 11.9. The molecular formula is C11H15N3OS2. The summed E-state index contributed by atoms with van der Waals surface area (Å²) in [5.41, 5.74) is 1.79. The summed E-state index contributed by atoms with van der Waals surface area (Å²) in [6.45, 7) is 3.60. The highest BCUT2D eigenvalue weighted by atomic mass is 32.2. The van der Waals surface area contributed by atoms with Gasteiger partial charge in [-0.25, -0.2) is 4.98 Å². The Kier molecular flexibility index (Phi) is 3.19. The van der Waals surface area contributed by atoms with Crippen LogP contribution >= 0.6 is 23.5 Å². The number of hydrogen-bond donors (Lipinski definition) is 2. The van der Waals surface area contributed by atoms with Crippen LogP contribution in [0.1, 0.15) is 29.3 Å². The summed E-state index contributed by atoms with van der Waals surface area (Å²) in [6, 6.07) is 0. The molecule has 6 heteroatoms. The van der Waals surface area contributed by atoms with Gasteiger partial charge >= 0.3 is 0 Å². The highest BCUT2D eigenvalue weighted by Gasteiger charge is 2.28. The molecule has 1 aromatic rings. The van der Waals surface area contributed by atoms with Gasteiger partial charge in [-0.3, -0.25) is 4.79 Å². The lowest BCUT2D eigenvalue weighted by molar-refractivity contribution is 0.752. The number of rotatable bonds is 1. The largest absolute Gasteiger partial charge is 0.309 e. The first kappa shape index (κ1) is 11.6. The van der Waals surface area contributed by atoms with Gasteiger partial charge in [-0.05, 0) is 0 Å². The Balaban J connectivity index is 1.98. The summed E-state index contributed by atoms with van der Waals surface area (Å²) < 4.78 is 0. The molecule has 1 saturated heterocycles. The van der Waals surface area contributed by atoms with Crippen molar-refractivity contribution in [2.24, 2.45) is 0 Å². The van der Waals surface area contributed by atoms with Crippen molar-refractivity contribution in [1.29, 1.82) is 0 Å². The van der Waals surface area contributed by atoms with E-state index in [-0.39, 0.29) is 5.56 Å². The van der Waals surface area contributed by atoms with E-state index in [1.165, 1.54) is 5.75 Å². The van der Waals surface area contributed by atoms with E-state index in [0.29, 0.717) is 17.0 Å². The monoisotopic (exact) mass is 269 g/mol. The highest BCUT2D eigenvalue weighted by Crippen LogP contribution is 2.40. The number of fused-ring (bicyclic) bond motifs is 1. The van der Waals surface area contributed by atoms with Crippen LogP contribution in [-0.4, -0.2) is 26.7 Å². The number of nitrogens with zero attached hydrogens (tertiary/aromatic N) is 1. The maximum Gasteiger partial charge on any atom is 0.255 e. The minimum absolute atomic E-state index is 0.0402. The normalized spacial score (nSPS) is 28.1. The molecule has 2 aliphatic heterocycles. The quantitative estimate of drug-likeness (QED) is 0.804. The molecule has 0 radical (unpaired) electrons. The van der Waals surface area contributed by atoms with Gasteiger partial charge in [-0.2, -0.15) is 11.8 Å². The van der Waals surface area contributed by atoms with Gasteiger partial charge in [0.2, 0.25) is 0 Å². The van der Waals surface area contributed by atoms with E-state index in [1.807, 2.05) is 23.5 Å². The van der Waals surface area contributed by atoms with Crippen LogP contribution in [0.3, 0.4) is 0 Å². The van der Waals surface area contributed by atoms with Crippen LogP contribution in [-0.2, 0) is 13.1 Å². The van der Waals surface area contributed by atoms with Gasteiger partial charge in [0, 0.05) is 29.8 Å². The number of thioether (sulfide) groups is 2. The third kappa shape index (κ3) is 2.13. The van der Waals surface area contributed by atoms with E-state index in [2.05, 4.69) is 22.2 Å². The minimum Gasteiger partial charge on any atom is -0.309 e. The van der Waals surface area contributed by atoms with Crippen LogP contribution in [0.2, 0.25) is 0 Å². The van der Waals surface area contributed by atoms with Crippen LogP contribution in [0.4, 0.5) is 0 Å². The molecule has 0 aromatic carbocycles. The number of nitrogens with one attached hydrogen (secondary N) is 2. The Hall–Kier alpha value is -0.460. The van der Waals surface area contributed by atoms with Gasteiger partial charge in [0.1, 0.15) is 5.82 Å². The summed E-state index contributed by atoms with van der Waals surface area (Å²) in [5, 5.41) is 4.02. The fourth-order valence-electron chi connectivity index (χ4n) is 2.27. The predicted octanol–water partition coefficient (Wildman–Crippen LogP) is 1.28. The van der Waals surface area contributed by atoms with Gasteiger partial charge in [-0.15, -0.1) is 11.8 Å². The third-order valence-electron chi connectivity index (χ3n) is 3.17. The first-order valence-electron chi connectivity index (χ1n) is 5.81. The zero-order valence-electron chi connectivity index (χ0n) is 9.66.